The first kappa shape index (κ1) is 14.0. The van der Waals surface area contributed by atoms with Gasteiger partial charge in [-0.25, -0.2) is 0 Å². The highest BCUT2D eigenvalue weighted by Crippen LogP contribution is 2.26. The molecule has 2 heterocycles. The molecule has 0 bridgehead atoms. The summed E-state index contributed by atoms with van der Waals surface area (Å²) in [5.74, 6) is 0. The van der Waals surface area contributed by atoms with Crippen molar-refractivity contribution in [2.75, 3.05) is 13.1 Å². The molecule has 0 aliphatic carbocycles. The zero-order chi connectivity index (χ0) is 13.0. The first-order valence-corrected chi connectivity index (χ1v) is 8.12. The minimum atomic E-state index is 0.336. The molecule has 3 heteroatoms. The van der Waals surface area contributed by atoms with Gasteiger partial charge in [-0.1, -0.05) is 26.8 Å². The van der Waals surface area contributed by atoms with Crippen LogP contribution in [0.3, 0.4) is 0 Å². The van der Waals surface area contributed by atoms with Gasteiger partial charge in [0.1, 0.15) is 0 Å². The van der Waals surface area contributed by atoms with Crippen molar-refractivity contribution in [1.82, 2.24) is 10.2 Å². The second-order valence-electron chi connectivity index (χ2n) is 5.41. The van der Waals surface area contributed by atoms with E-state index < -0.39 is 0 Å². The Kier molecular flexibility index (Phi) is 4.82. The average molecular weight is 266 g/mol. The summed E-state index contributed by atoms with van der Waals surface area (Å²) >= 11 is 1.88. The van der Waals surface area contributed by atoms with Gasteiger partial charge in [0.2, 0.25) is 0 Å². The van der Waals surface area contributed by atoms with Gasteiger partial charge in [0.25, 0.3) is 0 Å². The van der Waals surface area contributed by atoms with Gasteiger partial charge in [-0.05, 0) is 30.7 Å². The van der Waals surface area contributed by atoms with Crippen molar-refractivity contribution in [2.24, 2.45) is 0 Å². The summed E-state index contributed by atoms with van der Waals surface area (Å²) in [6.07, 6.45) is 3.68. The minimum absolute atomic E-state index is 0.336. The van der Waals surface area contributed by atoms with Gasteiger partial charge in [0.05, 0.1) is 0 Å². The number of hydrogen-bond donors (Lipinski definition) is 1. The predicted octanol–water partition coefficient (Wildman–Crippen LogP) is 3.49. The summed E-state index contributed by atoms with van der Waals surface area (Å²) in [4.78, 5) is 4.19. The molecule has 1 saturated heterocycles. The Bertz CT molecular complexity index is 343. The van der Waals surface area contributed by atoms with Crippen LogP contribution in [0.2, 0.25) is 0 Å². The molecule has 1 N–H and O–H groups in total. The first-order valence-electron chi connectivity index (χ1n) is 7.24. The highest BCUT2D eigenvalue weighted by molar-refractivity contribution is 7.09. The molecule has 18 heavy (non-hydrogen) atoms. The molecule has 1 fully saturated rings. The van der Waals surface area contributed by atoms with Gasteiger partial charge in [0.15, 0.2) is 0 Å². The fourth-order valence-electron chi connectivity index (χ4n) is 2.95. The molecule has 0 spiro atoms. The largest absolute Gasteiger partial charge is 0.308 e. The van der Waals surface area contributed by atoms with Crippen LogP contribution in [0.25, 0.3) is 0 Å². The molecule has 1 unspecified atom stereocenters. The third-order valence-corrected chi connectivity index (χ3v) is 5.36. The van der Waals surface area contributed by atoms with Crippen molar-refractivity contribution in [2.45, 2.75) is 58.2 Å². The van der Waals surface area contributed by atoms with E-state index in [0.29, 0.717) is 11.6 Å². The van der Waals surface area contributed by atoms with Crippen LogP contribution in [0.1, 0.15) is 44.9 Å². The van der Waals surface area contributed by atoms with Crippen molar-refractivity contribution in [3.63, 3.8) is 0 Å². The molecule has 1 aromatic rings. The van der Waals surface area contributed by atoms with E-state index in [1.54, 1.807) is 0 Å². The molecule has 2 nitrogen and oxygen atoms in total. The maximum atomic E-state index is 3.80. The summed E-state index contributed by atoms with van der Waals surface area (Å²) < 4.78 is 0. The Morgan fingerprint density at radius 1 is 1.39 bits per heavy atom. The van der Waals surface area contributed by atoms with E-state index in [4.69, 9.17) is 0 Å². The second-order valence-corrected chi connectivity index (χ2v) is 6.45. The Hall–Kier alpha value is -0.380. The van der Waals surface area contributed by atoms with E-state index >= 15 is 0 Å². The summed E-state index contributed by atoms with van der Waals surface area (Å²) in [7, 11) is 0. The lowest BCUT2D eigenvalue weighted by molar-refractivity contribution is 0.0651. The number of nitrogens with zero attached hydrogens (tertiary/aromatic N) is 1. The molecule has 1 aliphatic heterocycles. The monoisotopic (exact) mass is 266 g/mol. The lowest BCUT2D eigenvalue weighted by Gasteiger charge is -2.47. The van der Waals surface area contributed by atoms with Crippen LogP contribution in [0.15, 0.2) is 17.5 Å². The van der Waals surface area contributed by atoms with Crippen molar-refractivity contribution in [3.8, 4) is 0 Å². The zero-order valence-corrected chi connectivity index (χ0v) is 12.7. The van der Waals surface area contributed by atoms with Crippen molar-refractivity contribution in [1.29, 1.82) is 0 Å². The third kappa shape index (κ3) is 2.95. The quantitative estimate of drug-likeness (QED) is 0.877. The molecule has 1 atom stereocenters. The molecule has 1 aromatic heterocycles. The Labute approximate surface area is 115 Å². The van der Waals surface area contributed by atoms with E-state index in [1.165, 1.54) is 30.7 Å². The van der Waals surface area contributed by atoms with E-state index in [9.17, 15) is 0 Å². The van der Waals surface area contributed by atoms with E-state index in [-0.39, 0.29) is 0 Å². The molecule has 0 saturated carbocycles. The van der Waals surface area contributed by atoms with Crippen LogP contribution in [-0.2, 0) is 6.54 Å². The number of rotatable bonds is 5. The van der Waals surface area contributed by atoms with Gasteiger partial charge in [-0.15, -0.1) is 11.3 Å². The summed E-state index contributed by atoms with van der Waals surface area (Å²) in [6, 6.07) is 5.12. The highest BCUT2D eigenvalue weighted by Gasteiger charge is 2.35. The highest BCUT2D eigenvalue weighted by atomic mass is 32.1. The number of nitrogens with one attached hydrogen (secondary N) is 1. The topological polar surface area (TPSA) is 15.3 Å². The molecule has 1 aliphatic rings. The van der Waals surface area contributed by atoms with Crippen LogP contribution in [0.5, 0.6) is 0 Å². The van der Waals surface area contributed by atoms with Gasteiger partial charge >= 0.3 is 0 Å². The normalized spacial score (nSPS) is 24.3. The average Bonchev–Trinajstić information content (AvgIpc) is 2.91. The maximum absolute atomic E-state index is 3.80. The van der Waals surface area contributed by atoms with Gasteiger partial charge < -0.3 is 5.32 Å². The van der Waals surface area contributed by atoms with Gasteiger partial charge in [-0.2, -0.15) is 0 Å². The Balaban J connectivity index is 2.07. The zero-order valence-electron chi connectivity index (χ0n) is 11.9. The fraction of sp³-hybridized carbons (Fsp3) is 0.733. The Morgan fingerprint density at radius 3 is 2.72 bits per heavy atom. The van der Waals surface area contributed by atoms with Gasteiger partial charge in [-0.3, -0.25) is 4.90 Å². The molecule has 0 radical (unpaired) electrons. The van der Waals surface area contributed by atoms with Crippen LogP contribution < -0.4 is 5.32 Å². The minimum Gasteiger partial charge on any atom is -0.308 e. The standard InChI is InChI=1S/C15H26N2S/c1-4-13-10-16-15(5-2,6-3)12-17(13)11-14-8-7-9-18-14/h7-9,13,16H,4-6,10-12H2,1-3H3. The summed E-state index contributed by atoms with van der Waals surface area (Å²) in [6.45, 7) is 10.4. The van der Waals surface area contributed by atoms with Crippen LogP contribution in [0, 0.1) is 0 Å². The van der Waals surface area contributed by atoms with Crippen LogP contribution in [0.4, 0.5) is 0 Å². The van der Waals surface area contributed by atoms with Crippen molar-refractivity contribution < 1.29 is 0 Å². The van der Waals surface area contributed by atoms with E-state index in [1.807, 2.05) is 11.3 Å². The maximum Gasteiger partial charge on any atom is 0.0332 e. The molecule has 2 rings (SSSR count). The van der Waals surface area contributed by atoms with E-state index in [0.717, 1.165) is 13.1 Å². The number of thiophene rings is 1. The number of piperazine rings is 1. The second kappa shape index (κ2) is 6.18. The third-order valence-electron chi connectivity index (χ3n) is 4.50. The number of hydrogen-bond acceptors (Lipinski definition) is 3. The first-order chi connectivity index (χ1) is 8.73. The lowest BCUT2D eigenvalue weighted by Crippen LogP contribution is -2.63. The van der Waals surface area contributed by atoms with Crippen molar-refractivity contribution >= 4 is 11.3 Å². The van der Waals surface area contributed by atoms with Crippen LogP contribution >= 0.6 is 11.3 Å². The van der Waals surface area contributed by atoms with Crippen molar-refractivity contribution in [3.05, 3.63) is 22.4 Å². The molecule has 0 aromatic carbocycles. The Morgan fingerprint density at radius 2 is 2.17 bits per heavy atom. The SMILES string of the molecule is CCC1CNC(CC)(CC)CN1Cc1cccs1. The molecule has 102 valence electrons. The molecular weight excluding hydrogens is 240 g/mol. The van der Waals surface area contributed by atoms with Gasteiger partial charge in [0, 0.05) is 36.1 Å². The summed E-state index contributed by atoms with van der Waals surface area (Å²) in [5.41, 5.74) is 0.336. The predicted molar refractivity (Wildman–Crippen MR) is 80.1 cm³/mol. The van der Waals surface area contributed by atoms with E-state index in [2.05, 4.69) is 48.5 Å². The van der Waals surface area contributed by atoms with Crippen LogP contribution in [-0.4, -0.2) is 29.6 Å². The smallest absolute Gasteiger partial charge is 0.0332 e. The summed E-state index contributed by atoms with van der Waals surface area (Å²) in [5, 5.41) is 5.99. The fourth-order valence-corrected chi connectivity index (χ4v) is 3.68. The lowest BCUT2D eigenvalue weighted by atomic mass is 9.88. The molecule has 0 amide bonds. The molecular formula is C15H26N2S.